The van der Waals surface area contributed by atoms with Crippen molar-refractivity contribution in [2.45, 2.75) is 31.6 Å². The molecule has 0 radical (unpaired) electrons. The Bertz CT molecular complexity index is 584. The fraction of sp³-hybridized carbons (Fsp3) is 0.333. The number of hydrogen-bond donors (Lipinski definition) is 0. The Kier molecular flexibility index (Phi) is 6.41. The second kappa shape index (κ2) is 8.54. The number of hydrogen-bond acceptors (Lipinski definition) is 3. The summed E-state index contributed by atoms with van der Waals surface area (Å²) in [6.07, 6.45) is 4.23. The number of ketones is 1. The van der Waals surface area contributed by atoms with Gasteiger partial charge in [-0.15, -0.1) is 11.6 Å². The van der Waals surface area contributed by atoms with Crippen LogP contribution in [0.4, 0.5) is 0 Å². The van der Waals surface area contributed by atoms with Crippen molar-refractivity contribution in [3.63, 3.8) is 0 Å². The van der Waals surface area contributed by atoms with E-state index < -0.39 is 5.38 Å². The van der Waals surface area contributed by atoms with Crippen LogP contribution in [0.5, 0.6) is 5.75 Å². The molecule has 1 unspecified atom stereocenters. The Labute approximate surface area is 136 Å². The van der Waals surface area contributed by atoms with E-state index in [0.29, 0.717) is 12.1 Å². The van der Waals surface area contributed by atoms with Crippen LogP contribution in [0, 0.1) is 0 Å². The second-order valence-electron chi connectivity index (χ2n) is 5.10. The van der Waals surface area contributed by atoms with Crippen molar-refractivity contribution in [2.24, 2.45) is 0 Å². The minimum absolute atomic E-state index is 0.148. The van der Waals surface area contributed by atoms with E-state index in [9.17, 15) is 4.79 Å². The molecule has 1 aromatic carbocycles. The zero-order valence-electron chi connectivity index (χ0n) is 12.7. The molecule has 0 fully saturated rings. The summed E-state index contributed by atoms with van der Waals surface area (Å²) in [5.74, 6) is 0.699. The van der Waals surface area contributed by atoms with E-state index >= 15 is 0 Å². The average Bonchev–Trinajstić information content (AvgIpc) is 2.57. The number of rotatable bonds is 8. The van der Waals surface area contributed by atoms with E-state index in [2.05, 4.69) is 11.9 Å². The van der Waals surface area contributed by atoms with Crippen LogP contribution in [-0.4, -0.2) is 22.8 Å². The lowest BCUT2D eigenvalue weighted by atomic mass is 10.1. The number of benzene rings is 1. The number of ether oxygens (including phenoxy) is 1. The van der Waals surface area contributed by atoms with Crippen molar-refractivity contribution in [2.75, 3.05) is 6.61 Å². The minimum Gasteiger partial charge on any atom is -0.494 e. The van der Waals surface area contributed by atoms with Crippen LogP contribution < -0.4 is 4.74 Å². The number of alkyl halides is 1. The van der Waals surface area contributed by atoms with Crippen molar-refractivity contribution < 1.29 is 9.53 Å². The van der Waals surface area contributed by atoms with Gasteiger partial charge < -0.3 is 4.74 Å². The fourth-order valence-electron chi connectivity index (χ4n) is 2.02. The third-order valence-electron chi connectivity index (χ3n) is 3.31. The summed E-state index contributed by atoms with van der Waals surface area (Å²) < 4.78 is 5.61. The number of halogens is 1. The molecule has 4 heteroatoms. The molecule has 0 spiro atoms. The Hall–Kier alpha value is -1.87. The maximum absolute atomic E-state index is 12.2. The monoisotopic (exact) mass is 317 g/mol. The standard InChI is InChI=1S/C18H20ClNO2/c1-2-3-12-22-15-9-7-14(8-10-15)13-16(19)18(21)17-6-4-5-11-20-17/h4-11,16H,2-3,12-13H2,1H3. The van der Waals surface area contributed by atoms with Gasteiger partial charge in [-0.2, -0.15) is 0 Å². The van der Waals surface area contributed by atoms with Gasteiger partial charge in [0.25, 0.3) is 0 Å². The van der Waals surface area contributed by atoms with Gasteiger partial charge in [0.05, 0.1) is 6.61 Å². The normalized spacial score (nSPS) is 11.9. The molecule has 0 aliphatic carbocycles. The summed E-state index contributed by atoms with van der Waals surface area (Å²) >= 11 is 6.22. The Morgan fingerprint density at radius 2 is 2.00 bits per heavy atom. The van der Waals surface area contributed by atoms with Crippen LogP contribution in [0.1, 0.15) is 35.8 Å². The molecule has 116 valence electrons. The van der Waals surface area contributed by atoms with Crippen LogP contribution in [0.3, 0.4) is 0 Å². The summed E-state index contributed by atoms with van der Waals surface area (Å²) in [6.45, 7) is 2.86. The molecule has 0 saturated carbocycles. The quantitative estimate of drug-likeness (QED) is 0.414. The van der Waals surface area contributed by atoms with Crippen molar-refractivity contribution in [3.8, 4) is 5.75 Å². The van der Waals surface area contributed by atoms with E-state index in [0.717, 1.165) is 30.8 Å². The van der Waals surface area contributed by atoms with Gasteiger partial charge >= 0.3 is 0 Å². The summed E-state index contributed by atoms with van der Waals surface area (Å²) in [7, 11) is 0. The average molecular weight is 318 g/mol. The van der Waals surface area contributed by atoms with Crippen LogP contribution >= 0.6 is 11.6 Å². The lowest BCUT2D eigenvalue weighted by Gasteiger charge is -2.09. The number of carbonyl (C=O) groups excluding carboxylic acids is 1. The largest absolute Gasteiger partial charge is 0.494 e. The van der Waals surface area contributed by atoms with Gasteiger partial charge in [-0.3, -0.25) is 9.78 Å². The van der Waals surface area contributed by atoms with Crippen LogP contribution in [0.15, 0.2) is 48.7 Å². The predicted molar refractivity (Wildman–Crippen MR) is 88.8 cm³/mol. The van der Waals surface area contributed by atoms with Crippen molar-refractivity contribution >= 4 is 17.4 Å². The van der Waals surface area contributed by atoms with Gasteiger partial charge in [-0.25, -0.2) is 0 Å². The Balaban J connectivity index is 1.91. The molecule has 1 aromatic heterocycles. The molecule has 1 atom stereocenters. The highest BCUT2D eigenvalue weighted by atomic mass is 35.5. The second-order valence-corrected chi connectivity index (χ2v) is 5.62. The van der Waals surface area contributed by atoms with Crippen LogP contribution in [0.2, 0.25) is 0 Å². The van der Waals surface area contributed by atoms with E-state index in [-0.39, 0.29) is 5.78 Å². The topological polar surface area (TPSA) is 39.2 Å². The smallest absolute Gasteiger partial charge is 0.199 e. The molecular weight excluding hydrogens is 298 g/mol. The maximum Gasteiger partial charge on any atom is 0.199 e. The molecule has 2 rings (SSSR count). The third kappa shape index (κ3) is 4.85. The number of unbranched alkanes of at least 4 members (excludes halogenated alkanes) is 1. The zero-order chi connectivity index (χ0) is 15.8. The molecular formula is C18H20ClNO2. The van der Waals surface area contributed by atoms with E-state index in [1.165, 1.54) is 0 Å². The number of nitrogens with zero attached hydrogens (tertiary/aromatic N) is 1. The van der Waals surface area contributed by atoms with Crippen molar-refractivity contribution in [1.29, 1.82) is 0 Å². The van der Waals surface area contributed by atoms with Gasteiger partial charge in [0.2, 0.25) is 0 Å². The molecule has 22 heavy (non-hydrogen) atoms. The predicted octanol–water partition coefficient (Wildman–Crippen LogP) is 4.29. The van der Waals surface area contributed by atoms with Gasteiger partial charge in [0.1, 0.15) is 16.8 Å². The molecule has 2 aromatic rings. The summed E-state index contributed by atoms with van der Waals surface area (Å²) in [5.41, 5.74) is 1.41. The van der Waals surface area contributed by atoms with Gasteiger partial charge in [-0.05, 0) is 42.7 Å². The summed E-state index contributed by atoms with van der Waals surface area (Å²) in [4.78, 5) is 16.2. The molecule has 0 aliphatic rings. The molecule has 1 heterocycles. The molecule has 0 N–H and O–H groups in total. The third-order valence-corrected chi connectivity index (χ3v) is 3.66. The molecule has 0 saturated heterocycles. The number of Topliss-reactive ketones (excluding diaryl/α,β-unsaturated/α-hetero) is 1. The summed E-state index contributed by atoms with van der Waals surface area (Å²) in [5, 5.41) is -0.609. The van der Waals surface area contributed by atoms with Crippen molar-refractivity contribution in [1.82, 2.24) is 4.98 Å². The lowest BCUT2D eigenvalue weighted by Crippen LogP contribution is -2.18. The van der Waals surface area contributed by atoms with Crippen LogP contribution in [0.25, 0.3) is 0 Å². The molecule has 0 amide bonds. The van der Waals surface area contributed by atoms with Gasteiger partial charge in [0.15, 0.2) is 5.78 Å². The molecule has 0 bridgehead atoms. The minimum atomic E-state index is -0.609. The first-order chi connectivity index (χ1) is 10.7. The van der Waals surface area contributed by atoms with Gasteiger partial charge in [-0.1, -0.05) is 31.5 Å². The van der Waals surface area contributed by atoms with E-state index in [4.69, 9.17) is 16.3 Å². The van der Waals surface area contributed by atoms with Crippen molar-refractivity contribution in [3.05, 3.63) is 59.9 Å². The zero-order valence-corrected chi connectivity index (χ0v) is 13.4. The maximum atomic E-state index is 12.2. The Morgan fingerprint density at radius 3 is 2.64 bits per heavy atom. The van der Waals surface area contributed by atoms with Gasteiger partial charge in [0, 0.05) is 6.20 Å². The molecule has 3 nitrogen and oxygen atoms in total. The number of pyridine rings is 1. The lowest BCUT2D eigenvalue weighted by molar-refractivity contribution is 0.0982. The fourth-order valence-corrected chi connectivity index (χ4v) is 2.31. The van der Waals surface area contributed by atoms with E-state index in [1.54, 1.807) is 24.4 Å². The first kappa shape index (κ1) is 16.5. The highest BCUT2D eigenvalue weighted by Crippen LogP contribution is 2.17. The highest BCUT2D eigenvalue weighted by Gasteiger charge is 2.18. The highest BCUT2D eigenvalue weighted by molar-refractivity contribution is 6.33. The number of aromatic nitrogens is 1. The summed E-state index contributed by atoms with van der Waals surface area (Å²) in [6, 6.07) is 13.0. The SMILES string of the molecule is CCCCOc1ccc(CC(Cl)C(=O)c2ccccn2)cc1. The molecule has 0 aliphatic heterocycles. The van der Waals surface area contributed by atoms with Crippen LogP contribution in [-0.2, 0) is 6.42 Å². The Morgan fingerprint density at radius 1 is 1.23 bits per heavy atom. The van der Waals surface area contributed by atoms with E-state index in [1.807, 2.05) is 24.3 Å². The first-order valence-electron chi connectivity index (χ1n) is 7.51. The first-order valence-corrected chi connectivity index (χ1v) is 7.95. The number of carbonyl (C=O) groups is 1.